The minimum atomic E-state index is -0.421. The molecule has 0 bridgehead atoms. The summed E-state index contributed by atoms with van der Waals surface area (Å²) in [4.78, 5) is 27.0. The molecule has 92 valence electrons. The van der Waals surface area contributed by atoms with E-state index in [1.165, 1.54) is 12.1 Å². The van der Waals surface area contributed by atoms with Gasteiger partial charge in [-0.1, -0.05) is 0 Å². The molecule has 6 nitrogen and oxygen atoms in total. The standard InChI is InChI=1S/C12H11N3O3/c1-14-5-4-8-9-6-7(15(17)18)2-3-10(9)13-11(8)12(14)16/h2-3,6,13H,4-5H2,1H3. The molecular formula is C12H11N3O3. The molecule has 6 heteroatoms. The minimum absolute atomic E-state index is 0.0516. The highest BCUT2D eigenvalue weighted by Gasteiger charge is 2.26. The van der Waals surface area contributed by atoms with Gasteiger partial charge in [-0.25, -0.2) is 0 Å². The molecule has 0 saturated heterocycles. The van der Waals surface area contributed by atoms with E-state index in [0.717, 1.165) is 22.9 Å². The molecule has 1 aliphatic rings. The number of carbonyl (C=O) groups is 1. The van der Waals surface area contributed by atoms with Gasteiger partial charge in [-0.05, 0) is 18.1 Å². The molecule has 1 aromatic carbocycles. The first kappa shape index (κ1) is 10.8. The van der Waals surface area contributed by atoms with Gasteiger partial charge in [0.05, 0.1) is 4.92 Å². The van der Waals surface area contributed by atoms with Gasteiger partial charge in [0.15, 0.2) is 0 Å². The zero-order valence-electron chi connectivity index (χ0n) is 9.77. The van der Waals surface area contributed by atoms with Crippen LogP contribution < -0.4 is 0 Å². The summed E-state index contributed by atoms with van der Waals surface area (Å²) < 4.78 is 0. The maximum atomic E-state index is 12.0. The lowest BCUT2D eigenvalue weighted by atomic mass is 10.0. The summed E-state index contributed by atoms with van der Waals surface area (Å²) in [5, 5.41) is 11.5. The molecule has 2 heterocycles. The van der Waals surface area contributed by atoms with Crippen LogP contribution in [-0.2, 0) is 6.42 Å². The predicted molar refractivity (Wildman–Crippen MR) is 65.6 cm³/mol. The fraction of sp³-hybridized carbons (Fsp3) is 0.250. The number of non-ortho nitro benzene ring substituents is 1. The van der Waals surface area contributed by atoms with E-state index in [4.69, 9.17) is 0 Å². The van der Waals surface area contributed by atoms with Gasteiger partial charge in [-0.3, -0.25) is 14.9 Å². The van der Waals surface area contributed by atoms with E-state index in [-0.39, 0.29) is 11.6 Å². The van der Waals surface area contributed by atoms with Crippen LogP contribution in [0.1, 0.15) is 16.1 Å². The van der Waals surface area contributed by atoms with Crippen molar-refractivity contribution in [1.82, 2.24) is 9.88 Å². The van der Waals surface area contributed by atoms with Crippen molar-refractivity contribution < 1.29 is 9.72 Å². The number of likely N-dealkylation sites (N-methyl/N-ethyl adjacent to an activating group) is 1. The van der Waals surface area contributed by atoms with Crippen LogP contribution in [0.3, 0.4) is 0 Å². The van der Waals surface area contributed by atoms with Crippen molar-refractivity contribution in [2.45, 2.75) is 6.42 Å². The molecule has 1 N–H and O–H groups in total. The second-order valence-electron chi connectivity index (χ2n) is 4.44. The number of aromatic amines is 1. The molecule has 0 fully saturated rings. The van der Waals surface area contributed by atoms with Crippen molar-refractivity contribution in [3.63, 3.8) is 0 Å². The molecule has 3 rings (SSSR count). The van der Waals surface area contributed by atoms with Crippen LogP contribution in [0.15, 0.2) is 18.2 Å². The number of benzene rings is 1. The van der Waals surface area contributed by atoms with Crippen LogP contribution in [0, 0.1) is 10.1 Å². The average molecular weight is 245 g/mol. The normalized spacial score (nSPS) is 14.9. The number of rotatable bonds is 1. The largest absolute Gasteiger partial charge is 0.350 e. The number of nitrogens with zero attached hydrogens (tertiary/aromatic N) is 2. The van der Waals surface area contributed by atoms with Crippen LogP contribution in [0.4, 0.5) is 5.69 Å². The highest BCUT2D eigenvalue weighted by molar-refractivity contribution is 6.02. The van der Waals surface area contributed by atoms with E-state index >= 15 is 0 Å². The average Bonchev–Trinajstić information content (AvgIpc) is 2.72. The Morgan fingerprint density at radius 3 is 2.94 bits per heavy atom. The lowest BCUT2D eigenvalue weighted by molar-refractivity contribution is -0.384. The molecule has 1 aliphatic heterocycles. The summed E-state index contributed by atoms with van der Waals surface area (Å²) in [6.07, 6.45) is 0.721. The molecule has 0 aliphatic carbocycles. The van der Waals surface area contributed by atoms with Gasteiger partial charge in [0.25, 0.3) is 11.6 Å². The molecule has 0 radical (unpaired) electrons. The second-order valence-corrected chi connectivity index (χ2v) is 4.44. The Kier molecular flexibility index (Phi) is 2.13. The number of aromatic nitrogens is 1. The van der Waals surface area contributed by atoms with Crippen molar-refractivity contribution in [1.29, 1.82) is 0 Å². The number of H-pyrrole nitrogens is 1. The van der Waals surface area contributed by atoms with E-state index in [2.05, 4.69) is 4.98 Å². The molecule has 2 aromatic rings. The van der Waals surface area contributed by atoms with Gasteiger partial charge in [0.2, 0.25) is 0 Å². The first-order chi connectivity index (χ1) is 8.58. The molecule has 0 saturated carbocycles. The number of amides is 1. The topological polar surface area (TPSA) is 79.2 Å². The van der Waals surface area contributed by atoms with Crippen LogP contribution >= 0.6 is 0 Å². The number of nitrogens with one attached hydrogen (secondary N) is 1. The number of hydrogen-bond donors (Lipinski definition) is 1. The van der Waals surface area contributed by atoms with E-state index in [1.807, 2.05) is 0 Å². The fourth-order valence-corrected chi connectivity index (χ4v) is 2.36. The molecule has 1 aromatic heterocycles. The second kappa shape index (κ2) is 3.56. The maximum absolute atomic E-state index is 12.0. The smallest absolute Gasteiger partial charge is 0.270 e. The number of nitro benzene ring substituents is 1. The van der Waals surface area contributed by atoms with Gasteiger partial charge < -0.3 is 9.88 Å². The summed E-state index contributed by atoms with van der Waals surface area (Å²) in [7, 11) is 1.75. The van der Waals surface area contributed by atoms with E-state index in [9.17, 15) is 14.9 Å². The Morgan fingerprint density at radius 1 is 1.44 bits per heavy atom. The zero-order valence-corrected chi connectivity index (χ0v) is 9.77. The fourth-order valence-electron chi connectivity index (χ4n) is 2.36. The summed E-state index contributed by atoms with van der Waals surface area (Å²) in [5.74, 6) is -0.0601. The zero-order chi connectivity index (χ0) is 12.9. The Balaban J connectivity index is 2.25. The van der Waals surface area contributed by atoms with E-state index in [1.54, 1.807) is 18.0 Å². The van der Waals surface area contributed by atoms with Crippen LogP contribution in [0.2, 0.25) is 0 Å². The third-order valence-electron chi connectivity index (χ3n) is 3.36. The molecule has 1 amide bonds. The summed E-state index contributed by atoms with van der Waals surface area (Å²) in [6.45, 7) is 0.640. The molecule has 0 unspecified atom stereocenters. The van der Waals surface area contributed by atoms with Gasteiger partial charge in [0.1, 0.15) is 5.69 Å². The quantitative estimate of drug-likeness (QED) is 0.613. The maximum Gasteiger partial charge on any atom is 0.270 e. The first-order valence-electron chi connectivity index (χ1n) is 5.62. The third-order valence-corrected chi connectivity index (χ3v) is 3.36. The highest BCUT2D eigenvalue weighted by atomic mass is 16.6. The monoisotopic (exact) mass is 245 g/mol. The molecular weight excluding hydrogens is 234 g/mol. The molecule has 18 heavy (non-hydrogen) atoms. The van der Waals surface area contributed by atoms with Crippen LogP contribution in [0.25, 0.3) is 10.9 Å². The minimum Gasteiger partial charge on any atom is -0.350 e. The lowest BCUT2D eigenvalue weighted by Crippen LogP contribution is -2.33. The SMILES string of the molecule is CN1CCc2c([nH]c3ccc([N+](=O)[O-])cc23)C1=O. The van der Waals surface area contributed by atoms with Crippen molar-refractivity contribution in [3.05, 3.63) is 39.6 Å². The van der Waals surface area contributed by atoms with Gasteiger partial charge in [-0.15, -0.1) is 0 Å². The molecule has 0 atom stereocenters. The van der Waals surface area contributed by atoms with Crippen molar-refractivity contribution in [3.8, 4) is 0 Å². The number of hydrogen-bond acceptors (Lipinski definition) is 3. The Hall–Kier alpha value is -2.37. The third kappa shape index (κ3) is 1.38. The van der Waals surface area contributed by atoms with Crippen molar-refractivity contribution >= 4 is 22.5 Å². The van der Waals surface area contributed by atoms with Gasteiger partial charge in [-0.2, -0.15) is 0 Å². The lowest BCUT2D eigenvalue weighted by Gasteiger charge is -2.22. The molecule has 0 spiro atoms. The van der Waals surface area contributed by atoms with Crippen molar-refractivity contribution in [2.24, 2.45) is 0 Å². The van der Waals surface area contributed by atoms with E-state index in [0.29, 0.717) is 12.2 Å². The Bertz CT molecular complexity index is 675. The summed E-state index contributed by atoms with van der Waals surface area (Å²) >= 11 is 0. The highest BCUT2D eigenvalue weighted by Crippen LogP contribution is 2.29. The van der Waals surface area contributed by atoms with E-state index < -0.39 is 4.92 Å². The summed E-state index contributed by atoms with van der Waals surface area (Å²) in [5.41, 5.74) is 2.26. The number of fused-ring (bicyclic) bond motifs is 3. The van der Waals surface area contributed by atoms with Crippen LogP contribution in [0.5, 0.6) is 0 Å². The predicted octanol–water partition coefficient (Wildman–Crippen LogP) is 1.70. The van der Waals surface area contributed by atoms with Crippen LogP contribution in [-0.4, -0.2) is 34.3 Å². The van der Waals surface area contributed by atoms with Gasteiger partial charge >= 0.3 is 0 Å². The van der Waals surface area contributed by atoms with Crippen molar-refractivity contribution in [2.75, 3.05) is 13.6 Å². The number of nitro groups is 1. The Morgan fingerprint density at radius 2 is 2.22 bits per heavy atom. The first-order valence-corrected chi connectivity index (χ1v) is 5.62. The number of carbonyl (C=O) groups excluding carboxylic acids is 1. The summed E-state index contributed by atoms with van der Waals surface area (Å²) in [6, 6.07) is 4.63. The Labute approximate surface area is 102 Å². The van der Waals surface area contributed by atoms with Gasteiger partial charge in [0, 0.05) is 36.6 Å².